The average Bonchev–Trinajstić information content (AvgIpc) is 2.99. The van der Waals surface area contributed by atoms with Gasteiger partial charge in [-0.15, -0.1) is 0 Å². The van der Waals surface area contributed by atoms with Gasteiger partial charge in [0.15, 0.2) is 12.2 Å². The van der Waals surface area contributed by atoms with Crippen molar-refractivity contribution in [3.05, 3.63) is 108 Å². The minimum absolute atomic E-state index is 0.148. The van der Waals surface area contributed by atoms with Crippen LogP contribution in [-0.2, 0) is 38.0 Å². The summed E-state index contributed by atoms with van der Waals surface area (Å²) in [5.41, 5.74) is 0.555. The van der Waals surface area contributed by atoms with Crippen molar-refractivity contribution in [2.75, 3.05) is 6.61 Å². The van der Waals surface area contributed by atoms with E-state index in [4.69, 9.17) is 28.4 Å². The molecule has 0 N–H and O–H groups in total. The summed E-state index contributed by atoms with van der Waals surface area (Å²) in [5.74, 6) is -4.00. The fourth-order valence-electron chi connectivity index (χ4n) is 4.21. The molecule has 0 spiro atoms. The van der Waals surface area contributed by atoms with Crippen LogP contribution >= 0.6 is 0 Å². The van der Waals surface area contributed by atoms with Crippen LogP contribution in [0.3, 0.4) is 0 Å². The molecule has 0 radical (unpaired) electrons. The predicted molar refractivity (Wildman–Crippen MR) is 144 cm³/mol. The number of ether oxygens (including phenoxy) is 6. The number of carbonyl (C=O) groups is 5. The third-order valence-corrected chi connectivity index (χ3v) is 6.07. The van der Waals surface area contributed by atoms with Crippen LogP contribution in [0.4, 0.5) is 0 Å². The molecule has 1 saturated heterocycles. The van der Waals surface area contributed by atoms with E-state index in [9.17, 15) is 24.0 Å². The molecule has 0 aliphatic carbocycles. The molecule has 1 unspecified atom stereocenters. The molecule has 4 rings (SSSR count). The molecule has 3 aromatic rings. The Morgan fingerprint density at radius 1 is 0.548 bits per heavy atom. The highest BCUT2D eigenvalue weighted by Crippen LogP contribution is 2.31. The minimum atomic E-state index is -1.60. The van der Waals surface area contributed by atoms with Crippen LogP contribution < -0.4 is 0 Å². The van der Waals surface area contributed by atoms with Crippen molar-refractivity contribution in [3.8, 4) is 0 Å². The smallest absolute Gasteiger partial charge is 0.338 e. The summed E-state index contributed by atoms with van der Waals surface area (Å²) < 4.78 is 33.6. The highest BCUT2D eigenvalue weighted by Gasteiger charge is 2.54. The first kappa shape index (κ1) is 29.9. The molecule has 1 aliphatic heterocycles. The largest absolute Gasteiger partial charge is 0.459 e. The maximum absolute atomic E-state index is 13.2. The number of hydrogen-bond donors (Lipinski definition) is 0. The zero-order valence-electron chi connectivity index (χ0n) is 22.7. The molecule has 11 heteroatoms. The number of benzene rings is 3. The number of esters is 5. The number of rotatable bonds is 9. The summed E-state index contributed by atoms with van der Waals surface area (Å²) in [5, 5.41) is 0. The lowest BCUT2D eigenvalue weighted by atomic mass is 9.97. The maximum atomic E-state index is 13.2. The molecule has 5 atom stereocenters. The van der Waals surface area contributed by atoms with Crippen LogP contribution in [0, 0.1) is 0 Å². The van der Waals surface area contributed by atoms with Gasteiger partial charge < -0.3 is 28.4 Å². The highest BCUT2D eigenvalue weighted by atomic mass is 16.7. The third kappa shape index (κ3) is 7.79. The van der Waals surface area contributed by atoms with E-state index in [0.29, 0.717) is 0 Å². The molecule has 0 saturated carbocycles. The molecule has 1 fully saturated rings. The number of hydrogen-bond acceptors (Lipinski definition) is 11. The van der Waals surface area contributed by atoms with Gasteiger partial charge in [0.2, 0.25) is 12.4 Å². The Morgan fingerprint density at radius 2 is 0.976 bits per heavy atom. The fourth-order valence-corrected chi connectivity index (χ4v) is 4.21. The lowest BCUT2D eigenvalue weighted by molar-refractivity contribution is -0.293. The minimum Gasteiger partial charge on any atom is -0.459 e. The molecule has 42 heavy (non-hydrogen) atoms. The Balaban J connectivity index is 1.71. The molecule has 0 amide bonds. The predicted octanol–water partition coefficient (Wildman–Crippen LogP) is 3.51. The summed E-state index contributed by atoms with van der Waals surface area (Å²) in [4.78, 5) is 63.2. The van der Waals surface area contributed by atoms with Gasteiger partial charge in [-0.1, -0.05) is 54.6 Å². The molecule has 0 aromatic heterocycles. The van der Waals surface area contributed by atoms with E-state index in [1.54, 1.807) is 66.7 Å². The molecule has 1 aliphatic rings. The topological polar surface area (TPSA) is 141 Å². The zero-order valence-corrected chi connectivity index (χ0v) is 22.7. The first-order chi connectivity index (χ1) is 20.2. The molecule has 3 aromatic carbocycles. The lowest BCUT2D eigenvalue weighted by Gasteiger charge is -2.43. The molecule has 218 valence electrons. The molecular weight excluding hydrogens is 548 g/mol. The molecule has 1 heterocycles. The van der Waals surface area contributed by atoms with Gasteiger partial charge in [0.05, 0.1) is 16.7 Å². The van der Waals surface area contributed by atoms with Gasteiger partial charge in [-0.2, -0.15) is 0 Å². The number of carbonyl (C=O) groups excluding carboxylic acids is 5. The van der Waals surface area contributed by atoms with Crippen molar-refractivity contribution in [1.82, 2.24) is 0 Å². The Bertz CT molecular complexity index is 1390. The van der Waals surface area contributed by atoms with E-state index in [1.807, 2.05) is 0 Å². The van der Waals surface area contributed by atoms with Crippen LogP contribution in [-0.4, -0.2) is 67.2 Å². The molecular formula is C31H28O11. The van der Waals surface area contributed by atoms with Crippen LogP contribution in [0.15, 0.2) is 91.0 Å². The standard InChI is InChI=1S/C31H28O11/c1-19(32)38-27-26(42-30(36)23-16-10-5-11-17-23)25(41-29(35)22-14-8-4-9-15-22)24(40-31(27)39-20(2)33)18-37-28(34)21-12-6-3-7-13-21/h3-17,24-27,31H,18H2,1-2H3/t24-,25-,26+,27+,31?/m1/s1. The Hall–Kier alpha value is -5.03. The van der Waals surface area contributed by atoms with Crippen molar-refractivity contribution in [1.29, 1.82) is 0 Å². The Morgan fingerprint density at radius 3 is 1.43 bits per heavy atom. The van der Waals surface area contributed by atoms with Gasteiger partial charge in [-0.25, -0.2) is 14.4 Å². The summed E-state index contributed by atoms with van der Waals surface area (Å²) >= 11 is 0. The summed E-state index contributed by atoms with van der Waals surface area (Å²) in [6.07, 6.45) is -7.51. The van der Waals surface area contributed by atoms with Gasteiger partial charge in [-0.05, 0) is 36.4 Å². The SMILES string of the molecule is CC(=O)OC1O[C@H](COC(=O)c2ccccc2)[C@@H](OC(=O)c2ccccc2)[C@H](OC(=O)c2ccccc2)[C@@H]1OC(C)=O. The van der Waals surface area contributed by atoms with Crippen molar-refractivity contribution in [2.45, 2.75) is 44.6 Å². The summed E-state index contributed by atoms with van der Waals surface area (Å²) in [7, 11) is 0. The van der Waals surface area contributed by atoms with Gasteiger partial charge in [0.1, 0.15) is 12.7 Å². The first-order valence-electron chi connectivity index (χ1n) is 13.0. The van der Waals surface area contributed by atoms with E-state index in [1.165, 1.54) is 24.3 Å². The average molecular weight is 577 g/mol. The van der Waals surface area contributed by atoms with E-state index >= 15 is 0 Å². The lowest BCUT2D eigenvalue weighted by Crippen LogP contribution is -2.63. The molecule has 0 bridgehead atoms. The quantitative estimate of drug-likeness (QED) is 0.273. The second-order valence-electron chi connectivity index (χ2n) is 9.16. The van der Waals surface area contributed by atoms with Crippen molar-refractivity contribution in [2.24, 2.45) is 0 Å². The second-order valence-corrected chi connectivity index (χ2v) is 9.16. The van der Waals surface area contributed by atoms with Gasteiger partial charge in [-0.3, -0.25) is 9.59 Å². The fraction of sp³-hybridized carbons (Fsp3) is 0.258. The van der Waals surface area contributed by atoms with E-state index in [0.717, 1.165) is 13.8 Å². The van der Waals surface area contributed by atoms with Crippen LogP contribution in [0.1, 0.15) is 44.9 Å². The van der Waals surface area contributed by atoms with E-state index in [2.05, 4.69) is 0 Å². The second kappa shape index (κ2) is 14.0. The monoisotopic (exact) mass is 576 g/mol. The maximum Gasteiger partial charge on any atom is 0.338 e. The normalized spacial score (nSPS) is 21.3. The third-order valence-electron chi connectivity index (χ3n) is 6.07. The van der Waals surface area contributed by atoms with Gasteiger partial charge in [0.25, 0.3) is 0 Å². The Labute approximate surface area is 241 Å². The Kier molecular flexibility index (Phi) is 10.0. The van der Waals surface area contributed by atoms with Crippen LogP contribution in [0.2, 0.25) is 0 Å². The summed E-state index contributed by atoms with van der Waals surface area (Å²) in [6, 6.07) is 24.0. The van der Waals surface area contributed by atoms with Crippen molar-refractivity contribution < 1.29 is 52.4 Å². The van der Waals surface area contributed by atoms with Crippen LogP contribution in [0.5, 0.6) is 0 Å². The van der Waals surface area contributed by atoms with Crippen molar-refractivity contribution in [3.63, 3.8) is 0 Å². The zero-order chi connectivity index (χ0) is 30.1. The van der Waals surface area contributed by atoms with Crippen molar-refractivity contribution >= 4 is 29.8 Å². The van der Waals surface area contributed by atoms with Crippen LogP contribution in [0.25, 0.3) is 0 Å². The van der Waals surface area contributed by atoms with E-state index < -0.39 is 67.2 Å². The van der Waals surface area contributed by atoms with Gasteiger partial charge in [0, 0.05) is 13.8 Å². The first-order valence-corrected chi connectivity index (χ1v) is 13.0. The summed E-state index contributed by atoms with van der Waals surface area (Å²) in [6.45, 7) is 1.69. The molecule has 11 nitrogen and oxygen atoms in total. The highest BCUT2D eigenvalue weighted by molar-refractivity contribution is 5.91. The van der Waals surface area contributed by atoms with E-state index in [-0.39, 0.29) is 16.7 Å². The van der Waals surface area contributed by atoms with Gasteiger partial charge >= 0.3 is 29.8 Å².